The van der Waals surface area contributed by atoms with E-state index in [9.17, 15) is 14.0 Å². The van der Waals surface area contributed by atoms with E-state index < -0.39 is 17.5 Å². The van der Waals surface area contributed by atoms with E-state index in [0.29, 0.717) is 25.4 Å². The SMILES string of the molecule is O=C1C(=O)N(CC2CCOCC2)c2cc(F)c(Br)cc21. The van der Waals surface area contributed by atoms with E-state index in [4.69, 9.17) is 4.74 Å². The van der Waals surface area contributed by atoms with E-state index in [1.54, 1.807) is 0 Å². The first-order valence-corrected chi connectivity index (χ1v) is 7.30. The van der Waals surface area contributed by atoms with Crippen LogP contribution in [0.2, 0.25) is 0 Å². The number of ether oxygens (including phenoxy) is 1. The highest BCUT2D eigenvalue weighted by molar-refractivity contribution is 9.10. The Morgan fingerprint density at radius 2 is 2.00 bits per heavy atom. The van der Waals surface area contributed by atoms with Gasteiger partial charge in [-0.2, -0.15) is 0 Å². The zero-order valence-corrected chi connectivity index (χ0v) is 12.3. The molecule has 4 nitrogen and oxygen atoms in total. The first-order chi connectivity index (χ1) is 9.58. The predicted molar refractivity (Wildman–Crippen MR) is 74.3 cm³/mol. The van der Waals surface area contributed by atoms with Gasteiger partial charge in [0.2, 0.25) is 0 Å². The lowest BCUT2D eigenvalue weighted by Crippen LogP contribution is -2.36. The smallest absolute Gasteiger partial charge is 0.299 e. The van der Waals surface area contributed by atoms with Gasteiger partial charge in [-0.15, -0.1) is 0 Å². The maximum Gasteiger partial charge on any atom is 0.299 e. The Labute approximate surface area is 124 Å². The number of Topliss-reactive ketones (excluding diaryl/α,β-unsaturated/α-hetero) is 1. The van der Waals surface area contributed by atoms with Crippen LogP contribution in [-0.4, -0.2) is 31.4 Å². The van der Waals surface area contributed by atoms with Gasteiger partial charge in [0, 0.05) is 19.8 Å². The molecule has 0 spiro atoms. The number of nitrogens with zero attached hydrogens (tertiary/aromatic N) is 1. The van der Waals surface area contributed by atoms with Crippen LogP contribution in [-0.2, 0) is 9.53 Å². The van der Waals surface area contributed by atoms with Crippen LogP contribution >= 0.6 is 15.9 Å². The summed E-state index contributed by atoms with van der Waals surface area (Å²) in [5, 5.41) is 0. The lowest BCUT2D eigenvalue weighted by molar-refractivity contribution is -0.114. The van der Waals surface area contributed by atoms with Crippen molar-refractivity contribution in [2.45, 2.75) is 12.8 Å². The van der Waals surface area contributed by atoms with Gasteiger partial charge in [-0.1, -0.05) is 0 Å². The van der Waals surface area contributed by atoms with Crippen molar-refractivity contribution in [3.8, 4) is 0 Å². The Hall–Kier alpha value is -1.27. The van der Waals surface area contributed by atoms with E-state index in [1.165, 1.54) is 17.0 Å². The third-order valence-electron chi connectivity index (χ3n) is 3.80. The molecule has 1 amide bonds. The topological polar surface area (TPSA) is 46.6 Å². The third kappa shape index (κ3) is 2.27. The summed E-state index contributed by atoms with van der Waals surface area (Å²) < 4.78 is 19.1. The van der Waals surface area contributed by atoms with E-state index in [1.807, 2.05) is 0 Å². The largest absolute Gasteiger partial charge is 0.381 e. The summed E-state index contributed by atoms with van der Waals surface area (Å²) in [5.74, 6) is -1.31. The van der Waals surface area contributed by atoms with Gasteiger partial charge in [0.25, 0.3) is 11.7 Å². The molecule has 20 heavy (non-hydrogen) atoms. The van der Waals surface area contributed by atoms with Crippen molar-refractivity contribution in [1.82, 2.24) is 0 Å². The first kappa shape index (κ1) is 13.7. The van der Waals surface area contributed by atoms with Crippen LogP contribution < -0.4 is 4.90 Å². The van der Waals surface area contributed by atoms with E-state index in [-0.39, 0.29) is 16.0 Å². The van der Waals surface area contributed by atoms with Crippen molar-refractivity contribution in [2.75, 3.05) is 24.7 Å². The molecule has 3 rings (SSSR count). The minimum atomic E-state index is -0.566. The molecule has 2 heterocycles. The minimum absolute atomic E-state index is 0.199. The molecule has 1 saturated heterocycles. The minimum Gasteiger partial charge on any atom is -0.381 e. The quantitative estimate of drug-likeness (QED) is 0.776. The van der Waals surface area contributed by atoms with Gasteiger partial charge in [-0.05, 0) is 46.8 Å². The number of anilines is 1. The summed E-state index contributed by atoms with van der Waals surface area (Å²) in [4.78, 5) is 25.4. The molecular weight excluding hydrogens is 329 g/mol. The fraction of sp³-hybridized carbons (Fsp3) is 0.429. The number of halogens is 2. The van der Waals surface area contributed by atoms with Crippen LogP contribution in [0.4, 0.5) is 10.1 Å². The number of carbonyl (C=O) groups excluding carboxylic acids is 2. The third-order valence-corrected chi connectivity index (χ3v) is 4.40. The van der Waals surface area contributed by atoms with Crippen LogP contribution in [0.15, 0.2) is 16.6 Å². The van der Waals surface area contributed by atoms with Crippen molar-refractivity contribution < 1.29 is 18.7 Å². The van der Waals surface area contributed by atoms with Crippen LogP contribution in [0.25, 0.3) is 0 Å². The molecule has 1 fully saturated rings. The summed E-state index contributed by atoms with van der Waals surface area (Å²) in [6.07, 6.45) is 1.71. The fourth-order valence-electron chi connectivity index (χ4n) is 2.66. The van der Waals surface area contributed by atoms with Gasteiger partial charge in [0.1, 0.15) is 5.82 Å². The molecular formula is C14H13BrFNO3. The molecule has 106 valence electrons. The maximum atomic E-state index is 13.7. The van der Waals surface area contributed by atoms with Crippen molar-refractivity contribution in [1.29, 1.82) is 0 Å². The lowest BCUT2D eigenvalue weighted by Gasteiger charge is -2.27. The van der Waals surface area contributed by atoms with E-state index in [2.05, 4.69) is 15.9 Å². The summed E-state index contributed by atoms with van der Waals surface area (Å²) in [6, 6.07) is 2.64. The standard InChI is InChI=1S/C14H13BrFNO3/c15-10-5-9-12(6-11(10)16)17(14(19)13(9)18)7-8-1-3-20-4-2-8/h5-6,8H,1-4,7H2. The zero-order valence-electron chi connectivity index (χ0n) is 10.7. The van der Waals surface area contributed by atoms with Gasteiger partial charge in [-0.25, -0.2) is 4.39 Å². The molecule has 0 saturated carbocycles. The normalized spacial score (nSPS) is 19.6. The van der Waals surface area contributed by atoms with Gasteiger partial charge < -0.3 is 9.64 Å². The first-order valence-electron chi connectivity index (χ1n) is 6.51. The second kappa shape index (κ2) is 5.26. The van der Waals surface area contributed by atoms with E-state index in [0.717, 1.165) is 12.8 Å². The van der Waals surface area contributed by atoms with Gasteiger partial charge in [0.15, 0.2) is 0 Å². The average Bonchev–Trinajstić information content (AvgIpc) is 2.66. The number of rotatable bonds is 2. The van der Waals surface area contributed by atoms with Crippen molar-refractivity contribution in [2.24, 2.45) is 5.92 Å². The molecule has 0 unspecified atom stereocenters. The fourth-order valence-corrected chi connectivity index (χ4v) is 3.00. The predicted octanol–water partition coefficient (Wildman–Crippen LogP) is 2.54. The number of amides is 1. The van der Waals surface area contributed by atoms with Crippen molar-refractivity contribution in [3.05, 3.63) is 28.0 Å². The summed E-state index contributed by atoms with van der Waals surface area (Å²) in [6.45, 7) is 1.78. The summed E-state index contributed by atoms with van der Waals surface area (Å²) >= 11 is 3.04. The lowest BCUT2D eigenvalue weighted by atomic mass is 9.99. The highest BCUT2D eigenvalue weighted by Gasteiger charge is 2.37. The average molecular weight is 342 g/mol. The Kier molecular flexibility index (Phi) is 3.60. The zero-order chi connectivity index (χ0) is 14.3. The second-order valence-electron chi connectivity index (χ2n) is 5.08. The van der Waals surface area contributed by atoms with Crippen LogP contribution in [0.5, 0.6) is 0 Å². The van der Waals surface area contributed by atoms with Gasteiger partial charge in [0.05, 0.1) is 15.7 Å². The summed E-state index contributed by atoms with van der Waals surface area (Å²) in [7, 11) is 0. The molecule has 0 radical (unpaired) electrons. The molecule has 0 N–H and O–H groups in total. The highest BCUT2D eigenvalue weighted by atomic mass is 79.9. The maximum absolute atomic E-state index is 13.7. The Morgan fingerprint density at radius 1 is 1.30 bits per heavy atom. The molecule has 0 atom stereocenters. The highest BCUT2D eigenvalue weighted by Crippen LogP contribution is 2.34. The van der Waals surface area contributed by atoms with Crippen LogP contribution in [0.3, 0.4) is 0 Å². The van der Waals surface area contributed by atoms with Crippen LogP contribution in [0, 0.1) is 11.7 Å². The number of carbonyl (C=O) groups is 2. The number of hydrogen-bond donors (Lipinski definition) is 0. The molecule has 2 aliphatic heterocycles. The molecule has 1 aromatic carbocycles. The van der Waals surface area contributed by atoms with Gasteiger partial charge >= 0.3 is 0 Å². The monoisotopic (exact) mass is 341 g/mol. The summed E-state index contributed by atoms with van der Waals surface area (Å²) in [5.41, 5.74) is 0.655. The molecule has 6 heteroatoms. The number of fused-ring (bicyclic) bond motifs is 1. The second-order valence-corrected chi connectivity index (χ2v) is 5.94. The van der Waals surface area contributed by atoms with Gasteiger partial charge in [-0.3, -0.25) is 9.59 Å². The van der Waals surface area contributed by atoms with E-state index >= 15 is 0 Å². The van der Waals surface area contributed by atoms with Crippen molar-refractivity contribution in [3.63, 3.8) is 0 Å². The number of hydrogen-bond acceptors (Lipinski definition) is 3. The molecule has 0 aliphatic carbocycles. The number of benzene rings is 1. The molecule has 0 aromatic heterocycles. The number of ketones is 1. The molecule has 2 aliphatic rings. The Balaban J connectivity index is 1.91. The molecule has 1 aromatic rings. The van der Waals surface area contributed by atoms with Crippen molar-refractivity contribution >= 4 is 33.3 Å². The Morgan fingerprint density at radius 3 is 2.70 bits per heavy atom. The molecule has 0 bridgehead atoms. The Bertz CT molecular complexity index is 584. The van der Waals surface area contributed by atoms with Crippen LogP contribution in [0.1, 0.15) is 23.2 Å².